The lowest BCUT2D eigenvalue weighted by Gasteiger charge is -2.34. The predicted molar refractivity (Wildman–Crippen MR) is 238 cm³/mol. The predicted octanol–water partition coefficient (Wildman–Crippen LogP) is 13.9. The molecule has 1 aliphatic carbocycles. The fraction of sp³-hybridized carbons (Fsp3) is 0.0182. The third-order valence-electron chi connectivity index (χ3n) is 12.4. The molecule has 0 fully saturated rings. The van der Waals surface area contributed by atoms with Crippen LogP contribution in [0.1, 0.15) is 22.3 Å². The van der Waals surface area contributed by atoms with E-state index < -0.39 is 5.41 Å². The molecule has 0 radical (unpaired) electrons. The van der Waals surface area contributed by atoms with Crippen molar-refractivity contribution in [2.24, 2.45) is 0 Å². The van der Waals surface area contributed by atoms with Gasteiger partial charge in [0.15, 0.2) is 0 Å². The summed E-state index contributed by atoms with van der Waals surface area (Å²) in [6.07, 6.45) is 0. The second kappa shape index (κ2) is 12.3. The van der Waals surface area contributed by atoms with Crippen LogP contribution < -0.4 is 0 Å². The molecule has 0 amide bonds. The Hall–Kier alpha value is -7.42. The molecule has 0 saturated carbocycles. The van der Waals surface area contributed by atoms with Gasteiger partial charge in [0, 0.05) is 32.9 Å². The lowest BCUT2D eigenvalue weighted by Crippen LogP contribution is -2.28. The zero-order chi connectivity index (χ0) is 37.5. The molecule has 11 aromatic rings. The molecule has 0 spiro atoms. The summed E-state index contributed by atoms with van der Waals surface area (Å²) in [6.45, 7) is 0. The zero-order valence-corrected chi connectivity index (χ0v) is 31.2. The Bertz CT molecular complexity index is 3290. The molecule has 0 unspecified atom stereocenters. The highest BCUT2D eigenvalue weighted by Gasteiger charge is 2.46. The van der Waals surface area contributed by atoms with Gasteiger partial charge in [-0.15, -0.1) is 0 Å². The van der Waals surface area contributed by atoms with Crippen molar-refractivity contribution in [3.05, 3.63) is 241 Å². The smallest absolute Gasteiger partial charge is 0.0713 e. The van der Waals surface area contributed by atoms with Crippen LogP contribution in [-0.4, -0.2) is 9.13 Å². The summed E-state index contributed by atoms with van der Waals surface area (Å²) in [5, 5.41) is 5.00. The van der Waals surface area contributed by atoms with Crippen LogP contribution in [0.15, 0.2) is 218 Å². The fourth-order valence-electron chi connectivity index (χ4n) is 10.0. The Labute approximate surface area is 331 Å². The van der Waals surface area contributed by atoms with E-state index in [0.29, 0.717) is 0 Å². The number of benzene rings is 9. The van der Waals surface area contributed by atoms with Crippen LogP contribution in [0.5, 0.6) is 0 Å². The SMILES string of the molecule is c1ccc(-n2c3ccccc3c3ccc(-c4ccc5c6cc(C7(c8ccccc8)c8ccccc8-c8ccccc87)ccc6n(-c6ccccc6)c5c4)cc32)cc1. The van der Waals surface area contributed by atoms with Gasteiger partial charge in [-0.3, -0.25) is 0 Å². The molecule has 266 valence electrons. The lowest BCUT2D eigenvalue weighted by atomic mass is 9.67. The third-order valence-corrected chi connectivity index (χ3v) is 12.4. The number of nitrogens with zero attached hydrogens (tertiary/aromatic N) is 2. The van der Waals surface area contributed by atoms with Crippen molar-refractivity contribution in [3.63, 3.8) is 0 Å². The van der Waals surface area contributed by atoms with Gasteiger partial charge in [0.25, 0.3) is 0 Å². The maximum Gasteiger partial charge on any atom is 0.0713 e. The van der Waals surface area contributed by atoms with Crippen molar-refractivity contribution >= 4 is 43.6 Å². The Morgan fingerprint density at radius 3 is 1.33 bits per heavy atom. The first-order valence-electron chi connectivity index (χ1n) is 19.8. The van der Waals surface area contributed by atoms with Crippen molar-refractivity contribution in [3.8, 4) is 33.6 Å². The van der Waals surface area contributed by atoms with E-state index in [0.717, 1.165) is 11.4 Å². The Kier molecular flexibility index (Phi) is 6.88. The summed E-state index contributed by atoms with van der Waals surface area (Å²) >= 11 is 0. The summed E-state index contributed by atoms with van der Waals surface area (Å²) in [7, 11) is 0. The molecule has 0 bridgehead atoms. The fourth-order valence-corrected chi connectivity index (χ4v) is 10.0. The molecular formula is C55H36N2. The van der Waals surface area contributed by atoms with E-state index in [9.17, 15) is 0 Å². The minimum absolute atomic E-state index is 0.462. The highest BCUT2D eigenvalue weighted by atomic mass is 15.0. The van der Waals surface area contributed by atoms with Crippen LogP contribution >= 0.6 is 0 Å². The van der Waals surface area contributed by atoms with Gasteiger partial charge in [0.1, 0.15) is 0 Å². The quantitative estimate of drug-likeness (QED) is 0.167. The number of hydrogen-bond acceptors (Lipinski definition) is 0. The molecule has 0 atom stereocenters. The van der Waals surface area contributed by atoms with E-state index in [2.05, 4.69) is 228 Å². The average Bonchev–Trinajstić information content (AvgIpc) is 3.91. The molecule has 2 aromatic heterocycles. The van der Waals surface area contributed by atoms with E-state index in [1.165, 1.54) is 88.1 Å². The first-order valence-corrected chi connectivity index (χ1v) is 19.8. The number of hydrogen-bond donors (Lipinski definition) is 0. The maximum absolute atomic E-state index is 2.48. The summed E-state index contributed by atoms with van der Waals surface area (Å²) in [6, 6.07) is 80.6. The van der Waals surface area contributed by atoms with Crippen LogP contribution in [0.3, 0.4) is 0 Å². The van der Waals surface area contributed by atoms with Gasteiger partial charge >= 0.3 is 0 Å². The standard InChI is InChI=1S/C55H36N2/c1-4-16-39(17-5-1)55(49-25-13-10-22-43(49)44-23-11-14-26-50(44)55)40-30-33-52-48(36-40)47-32-29-38(35-54(47)57(52)42-20-8-3-9-21-42)37-28-31-46-45-24-12-15-27-51(45)56(53(46)34-37)41-18-6-2-7-19-41/h1-36H. The summed E-state index contributed by atoms with van der Waals surface area (Å²) in [4.78, 5) is 0. The second-order valence-electron chi connectivity index (χ2n) is 15.3. The van der Waals surface area contributed by atoms with Crippen molar-refractivity contribution in [1.29, 1.82) is 0 Å². The van der Waals surface area contributed by atoms with Gasteiger partial charge in [-0.2, -0.15) is 0 Å². The average molecular weight is 725 g/mol. The molecule has 2 heteroatoms. The number of rotatable bonds is 5. The number of aromatic nitrogens is 2. The Balaban J connectivity index is 1.11. The highest BCUT2D eigenvalue weighted by molar-refractivity contribution is 6.12. The lowest BCUT2D eigenvalue weighted by molar-refractivity contribution is 0.770. The molecule has 1 aliphatic rings. The van der Waals surface area contributed by atoms with Crippen molar-refractivity contribution in [2.45, 2.75) is 5.41 Å². The minimum atomic E-state index is -0.462. The van der Waals surface area contributed by atoms with Gasteiger partial charge in [-0.05, 0) is 99.1 Å². The molecule has 2 heterocycles. The van der Waals surface area contributed by atoms with Crippen molar-refractivity contribution in [2.75, 3.05) is 0 Å². The molecule has 57 heavy (non-hydrogen) atoms. The number of para-hydroxylation sites is 3. The minimum Gasteiger partial charge on any atom is -0.309 e. The molecular weight excluding hydrogens is 689 g/mol. The largest absolute Gasteiger partial charge is 0.309 e. The summed E-state index contributed by atoms with van der Waals surface area (Å²) in [5.41, 5.74) is 16.8. The highest BCUT2D eigenvalue weighted by Crippen LogP contribution is 2.56. The zero-order valence-electron chi connectivity index (χ0n) is 31.2. The van der Waals surface area contributed by atoms with Gasteiger partial charge in [-0.1, -0.05) is 164 Å². The Morgan fingerprint density at radius 2 is 0.737 bits per heavy atom. The van der Waals surface area contributed by atoms with Gasteiger partial charge in [0.05, 0.1) is 27.5 Å². The molecule has 9 aromatic carbocycles. The van der Waals surface area contributed by atoms with Crippen molar-refractivity contribution < 1.29 is 0 Å². The van der Waals surface area contributed by atoms with E-state index in [-0.39, 0.29) is 0 Å². The van der Waals surface area contributed by atoms with Gasteiger partial charge < -0.3 is 9.13 Å². The molecule has 12 rings (SSSR count). The van der Waals surface area contributed by atoms with Gasteiger partial charge in [0.2, 0.25) is 0 Å². The monoisotopic (exact) mass is 724 g/mol. The van der Waals surface area contributed by atoms with Crippen molar-refractivity contribution in [1.82, 2.24) is 9.13 Å². The van der Waals surface area contributed by atoms with Crippen LogP contribution in [0, 0.1) is 0 Å². The van der Waals surface area contributed by atoms with E-state index in [4.69, 9.17) is 0 Å². The molecule has 2 nitrogen and oxygen atoms in total. The van der Waals surface area contributed by atoms with Crippen LogP contribution in [0.25, 0.3) is 77.2 Å². The third kappa shape index (κ3) is 4.53. The van der Waals surface area contributed by atoms with E-state index in [1.54, 1.807) is 0 Å². The molecule has 0 saturated heterocycles. The van der Waals surface area contributed by atoms with Crippen LogP contribution in [0.2, 0.25) is 0 Å². The first kappa shape index (κ1) is 31.9. The van der Waals surface area contributed by atoms with Gasteiger partial charge in [-0.25, -0.2) is 0 Å². The topological polar surface area (TPSA) is 9.86 Å². The Morgan fingerprint density at radius 1 is 0.281 bits per heavy atom. The maximum atomic E-state index is 2.48. The number of fused-ring (bicyclic) bond motifs is 9. The van der Waals surface area contributed by atoms with Crippen LogP contribution in [-0.2, 0) is 5.41 Å². The molecule has 0 N–H and O–H groups in total. The summed E-state index contributed by atoms with van der Waals surface area (Å²) < 4.78 is 4.85. The van der Waals surface area contributed by atoms with Crippen LogP contribution in [0.4, 0.5) is 0 Å². The summed E-state index contributed by atoms with van der Waals surface area (Å²) in [5.74, 6) is 0. The second-order valence-corrected chi connectivity index (χ2v) is 15.3. The normalized spacial score (nSPS) is 13.1. The first-order chi connectivity index (χ1) is 28.3. The van der Waals surface area contributed by atoms with E-state index >= 15 is 0 Å². The van der Waals surface area contributed by atoms with E-state index in [1.807, 2.05) is 0 Å². The molecule has 0 aliphatic heterocycles.